The lowest BCUT2D eigenvalue weighted by Gasteiger charge is -2.09. The molecule has 1 aromatic heterocycles. The summed E-state index contributed by atoms with van der Waals surface area (Å²) < 4.78 is 5.15. The van der Waals surface area contributed by atoms with Crippen LogP contribution in [0.4, 0.5) is 0 Å². The van der Waals surface area contributed by atoms with E-state index in [1.165, 1.54) is 11.3 Å². The number of nitrogens with zero attached hydrogens (tertiary/aromatic N) is 1. The monoisotopic (exact) mass is 227 g/mol. The van der Waals surface area contributed by atoms with Gasteiger partial charge in [-0.3, -0.25) is 4.79 Å². The third kappa shape index (κ3) is 4.42. The molecule has 0 aromatic carbocycles. The average molecular weight is 227 g/mol. The minimum Gasteiger partial charge on any atom is -0.458 e. The van der Waals surface area contributed by atoms with E-state index in [1.807, 2.05) is 12.3 Å². The Morgan fingerprint density at radius 1 is 1.67 bits per heavy atom. The van der Waals surface area contributed by atoms with Crippen LogP contribution in [0.25, 0.3) is 0 Å². The van der Waals surface area contributed by atoms with Crippen molar-refractivity contribution in [1.29, 1.82) is 0 Å². The summed E-state index contributed by atoms with van der Waals surface area (Å²) in [4.78, 5) is 15.5. The standard InChI is InChI=1S/C11H17NO2S/c1-3-4-5-9(2)11(13)14-8-10-12-6-7-15-10/h6-7,9H,3-5,8H2,1-2H3. The second-order valence-corrected chi connectivity index (χ2v) is 4.56. The van der Waals surface area contributed by atoms with Crippen molar-refractivity contribution in [1.82, 2.24) is 4.98 Å². The molecular weight excluding hydrogens is 210 g/mol. The molecule has 1 aromatic rings. The van der Waals surface area contributed by atoms with E-state index < -0.39 is 0 Å². The maximum Gasteiger partial charge on any atom is 0.309 e. The SMILES string of the molecule is CCCCC(C)C(=O)OCc1nccs1. The molecule has 0 amide bonds. The third-order valence-electron chi connectivity index (χ3n) is 2.21. The van der Waals surface area contributed by atoms with Crippen LogP contribution in [0, 0.1) is 5.92 Å². The molecule has 0 aliphatic heterocycles. The summed E-state index contributed by atoms with van der Waals surface area (Å²) in [5, 5.41) is 2.73. The molecule has 3 nitrogen and oxygen atoms in total. The van der Waals surface area contributed by atoms with E-state index in [1.54, 1.807) is 6.20 Å². The highest BCUT2D eigenvalue weighted by Crippen LogP contribution is 2.12. The number of aromatic nitrogens is 1. The molecule has 0 saturated heterocycles. The van der Waals surface area contributed by atoms with Gasteiger partial charge in [0.25, 0.3) is 0 Å². The number of ether oxygens (including phenoxy) is 1. The molecule has 1 rings (SSSR count). The van der Waals surface area contributed by atoms with Gasteiger partial charge < -0.3 is 4.74 Å². The van der Waals surface area contributed by atoms with Crippen LogP contribution >= 0.6 is 11.3 Å². The van der Waals surface area contributed by atoms with Crippen LogP contribution in [0.1, 0.15) is 38.1 Å². The summed E-state index contributed by atoms with van der Waals surface area (Å²) >= 11 is 1.51. The maximum absolute atomic E-state index is 11.5. The van der Waals surface area contributed by atoms with E-state index in [4.69, 9.17) is 4.74 Å². The zero-order valence-electron chi connectivity index (χ0n) is 9.23. The number of hydrogen-bond acceptors (Lipinski definition) is 4. The first-order chi connectivity index (χ1) is 7.24. The summed E-state index contributed by atoms with van der Waals surface area (Å²) in [6, 6.07) is 0. The fraction of sp³-hybridized carbons (Fsp3) is 0.636. The number of unbranched alkanes of at least 4 members (excludes halogenated alkanes) is 1. The quantitative estimate of drug-likeness (QED) is 0.701. The van der Waals surface area contributed by atoms with Crippen molar-refractivity contribution in [3.8, 4) is 0 Å². The Bertz CT molecular complexity index is 285. The summed E-state index contributed by atoms with van der Waals surface area (Å²) in [7, 11) is 0. The first-order valence-electron chi connectivity index (χ1n) is 5.29. The van der Waals surface area contributed by atoms with Crippen molar-refractivity contribution in [3.05, 3.63) is 16.6 Å². The van der Waals surface area contributed by atoms with Gasteiger partial charge in [0, 0.05) is 11.6 Å². The number of carbonyl (C=O) groups is 1. The van der Waals surface area contributed by atoms with E-state index in [2.05, 4.69) is 11.9 Å². The molecule has 0 fully saturated rings. The Balaban J connectivity index is 2.23. The Hall–Kier alpha value is -0.900. The zero-order valence-corrected chi connectivity index (χ0v) is 10.0. The molecule has 15 heavy (non-hydrogen) atoms. The second kappa shape index (κ2) is 6.56. The van der Waals surface area contributed by atoms with Crippen LogP contribution in [0.2, 0.25) is 0 Å². The van der Waals surface area contributed by atoms with Gasteiger partial charge in [-0.1, -0.05) is 26.7 Å². The van der Waals surface area contributed by atoms with E-state index in [9.17, 15) is 4.79 Å². The summed E-state index contributed by atoms with van der Waals surface area (Å²) in [6.45, 7) is 4.35. The fourth-order valence-corrected chi connectivity index (χ4v) is 1.76. The van der Waals surface area contributed by atoms with E-state index >= 15 is 0 Å². The largest absolute Gasteiger partial charge is 0.458 e. The van der Waals surface area contributed by atoms with Gasteiger partial charge in [-0.2, -0.15) is 0 Å². The van der Waals surface area contributed by atoms with Gasteiger partial charge in [0.05, 0.1) is 5.92 Å². The predicted octanol–water partition coefficient (Wildman–Crippen LogP) is 3.01. The van der Waals surface area contributed by atoms with Crippen LogP contribution in [0.3, 0.4) is 0 Å². The molecule has 1 atom stereocenters. The lowest BCUT2D eigenvalue weighted by Crippen LogP contribution is -2.14. The molecule has 0 spiro atoms. The van der Waals surface area contributed by atoms with Crippen LogP contribution in [0.15, 0.2) is 11.6 Å². The Morgan fingerprint density at radius 2 is 2.47 bits per heavy atom. The first kappa shape index (κ1) is 12.2. The minimum atomic E-state index is -0.112. The molecule has 1 unspecified atom stereocenters. The zero-order chi connectivity index (χ0) is 11.1. The molecule has 0 aliphatic carbocycles. The van der Waals surface area contributed by atoms with Gasteiger partial charge in [-0.25, -0.2) is 4.98 Å². The maximum atomic E-state index is 11.5. The molecule has 84 valence electrons. The van der Waals surface area contributed by atoms with E-state index in [0.717, 1.165) is 24.3 Å². The topological polar surface area (TPSA) is 39.2 Å². The number of rotatable bonds is 6. The number of carbonyl (C=O) groups excluding carboxylic acids is 1. The van der Waals surface area contributed by atoms with Crippen LogP contribution < -0.4 is 0 Å². The third-order valence-corrected chi connectivity index (χ3v) is 2.97. The van der Waals surface area contributed by atoms with Crippen molar-refractivity contribution in [2.45, 2.75) is 39.7 Å². The average Bonchev–Trinajstić information content (AvgIpc) is 2.75. The lowest BCUT2D eigenvalue weighted by molar-refractivity contribution is -0.149. The van der Waals surface area contributed by atoms with Gasteiger partial charge in [-0.15, -0.1) is 11.3 Å². The fourth-order valence-electron chi connectivity index (χ4n) is 1.23. The molecule has 0 aliphatic rings. The smallest absolute Gasteiger partial charge is 0.309 e. The molecule has 1 heterocycles. The molecule has 0 saturated carbocycles. The van der Waals surface area contributed by atoms with Gasteiger partial charge >= 0.3 is 5.97 Å². The van der Waals surface area contributed by atoms with Crippen LogP contribution in [-0.4, -0.2) is 11.0 Å². The highest BCUT2D eigenvalue weighted by atomic mass is 32.1. The molecule has 0 bridgehead atoms. The van der Waals surface area contributed by atoms with Crippen LogP contribution in [-0.2, 0) is 16.1 Å². The number of hydrogen-bond donors (Lipinski definition) is 0. The van der Waals surface area contributed by atoms with Crippen molar-refractivity contribution in [2.24, 2.45) is 5.92 Å². The van der Waals surface area contributed by atoms with Crippen LogP contribution in [0.5, 0.6) is 0 Å². The summed E-state index contributed by atoms with van der Waals surface area (Å²) in [5.41, 5.74) is 0. The highest BCUT2D eigenvalue weighted by Gasteiger charge is 2.13. The van der Waals surface area contributed by atoms with E-state index in [0.29, 0.717) is 6.61 Å². The second-order valence-electron chi connectivity index (χ2n) is 3.58. The van der Waals surface area contributed by atoms with Gasteiger partial charge in [0.1, 0.15) is 11.6 Å². The summed E-state index contributed by atoms with van der Waals surface area (Å²) in [5.74, 6) is -0.108. The molecule has 0 N–H and O–H groups in total. The number of esters is 1. The molecular formula is C11H17NO2S. The first-order valence-corrected chi connectivity index (χ1v) is 6.17. The van der Waals surface area contributed by atoms with Gasteiger partial charge in [0.15, 0.2) is 0 Å². The van der Waals surface area contributed by atoms with Gasteiger partial charge in [-0.05, 0) is 6.42 Å². The van der Waals surface area contributed by atoms with Crippen molar-refractivity contribution < 1.29 is 9.53 Å². The van der Waals surface area contributed by atoms with Crippen molar-refractivity contribution in [2.75, 3.05) is 0 Å². The van der Waals surface area contributed by atoms with Gasteiger partial charge in [0.2, 0.25) is 0 Å². The highest BCUT2D eigenvalue weighted by molar-refractivity contribution is 7.09. The lowest BCUT2D eigenvalue weighted by atomic mass is 10.1. The number of thiazole rings is 1. The summed E-state index contributed by atoms with van der Waals surface area (Å²) in [6.07, 6.45) is 4.82. The molecule has 4 heteroatoms. The van der Waals surface area contributed by atoms with E-state index in [-0.39, 0.29) is 11.9 Å². The Labute approximate surface area is 94.5 Å². The Kier molecular flexibility index (Phi) is 5.32. The normalized spacial score (nSPS) is 12.4. The molecule has 0 radical (unpaired) electrons. The predicted molar refractivity (Wildman–Crippen MR) is 60.6 cm³/mol. The Morgan fingerprint density at radius 3 is 3.07 bits per heavy atom. The minimum absolute atomic E-state index is 0.00455. The van der Waals surface area contributed by atoms with Crippen molar-refractivity contribution in [3.63, 3.8) is 0 Å². The van der Waals surface area contributed by atoms with Crippen molar-refractivity contribution >= 4 is 17.3 Å².